The number of nitriles is 1. The van der Waals surface area contributed by atoms with Gasteiger partial charge in [0, 0.05) is 13.1 Å². The van der Waals surface area contributed by atoms with Crippen LogP contribution < -0.4 is 0 Å². The normalized spacial score (nSPS) is 19.1. The zero-order valence-corrected chi connectivity index (χ0v) is 14.3. The van der Waals surface area contributed by atoms with Gasteiger partial charge in [-0.3, -0.25) is 0 Å². The maximum atomic E-state index is 13.1. The average molecular weight is 345 g/mol. The van der Waals surface area contributed by atoms with Crippen LogP contribution in [0, 0.1) is 11.3 Å². The van der Waals surface area contributed by atoms with Crippen LogP contribution in [-0.4, -0.2) is 34.0 Å². The molecule has 2 heterocycles. The fraction of sp³-hybridized carbons (Fsp3) is 0.438. The lowest BCUT2D eigenvalue weighted by Crippen LogP contribution is -2.39. The Balaban J connectivity index is 1.99. The summed E-state index contributed by atoms with van der Waals surface area (Å²) in [4.78, 5) is 0.205. The van der Waals surface area contributed by atoms with E-state index >= 15 is 0 Å². The lowest BCUT2D eigenvalue weighted by Gasteiger charge is -2.34. The Hall–Kier alpha value is -2.24. The molecule has 1 aliphatic heterocycles. The van der Waals surface area contributed by atoms with E-state index in [1.54, 1.807) is 6.33 Å². The molecule has 1 aromatic carbocycles. The molecule has 0 saturated carbocycles. The molecule has 0 amide bonds. The van der Waals surface area contributed by atoms with Crippen LogP contribution in [0.1, 0.15) is 43.6 Å². The molecule has 0 radical (unpaired) electrons. The van der Waals surface area contributed by atoms with E-state index in [-0.39, 0.29) is 10.9 Å². The molecule has 2 aromatic rings. The van der Waals surface area contributed by atoms with Crippen molar-refractivity contribution >= 4 is 10.0 Å². The van der Waals surface area contributed by atoms with Crippen LogP contribution in [-0.2, 0) is 16.6 Å². The van der Waals surface area contributed by atoms with Gasteiger partial charge in [-0.2, -0.15) is 9.57 Å². The van der Waals surface area contributed by atoms with E-state index in [4.69, 9.17) is 5.26 Å². The first kappa shape index (κ1) is 16.6. The van der Waals surface area contributed by atoms with Crippen LogP contribution in [0.5, 0.6) is 0 Å². The van der Waals surface area contributed by atoms with Crippen molar-refractivity contribution in [2.24, 2.45) is 0 Å². The molecule has 0 spiro atoms. The number of rotatable bonds is 4. The van der Waals surface area contributed by atoms with Crippen LogP contribution >= 0.6 is 0 Å². The van der Waals surface area contributed by atoms with Crippen LogP contribution in [0.3, 0.4) is 0 Å². The van der Waals surface area contributed by atoms with Gasteiger partial charge in [-0.15, -0.1) is 10.2 Å². The second-order valence-electron chi connectivity index (χ2n) is 5.74. The van der Waals surface area contributed by atoms with E-state index in [0.717, 1.165) is 19.3 Å². The Bertz CT molecular complexity index is 851. The van der Waals surface area contributed by atoms with Gasteiger partial charge in [-0.25, -0.2) is 8.42 Å². The van der Waals surface area contributed by atoms with Crippen LogP contribution in [0.25, 0.3) is 0 Å². The quantitative estimate of drug-likeness (QED) is 0.846. The first-order valence-corrected chi connectivity index (χ1v) is 9.41. The molecule has 1 aliphatic rings. The third kappa shape index (κ3) is 2.92. The van der Waals surface area contributed by atoms with Gasteiger partial charge in [0.1, 0.15) is 6.33 Å². The Morgan fingerprint density at radius 3 is 2.71 bits per heavy atom. The maximum absolute atomic E-state index is 13.1. The van der Waals surface area contributed by atoms with Gasteiger partial charge < -0.3 is 4.57 Å². The van der Waals surface area contributed by atoms with Gasteiger partial charge >= 0.3 is 0 Å². The summed E-state index contributed by atoms with van der Waals surface area (Å²) < 4.78 is 29.6. The van der Waals surface area contributed by atoms with Crippen LogP contribution in [0.4, 0.5) is 0 Å². The summed E-state index contributed by atoms with van der Waals surface area (Å²) in [5.74, 6) is 0.689. The summed E-state index contributed by atoms with van der Waals surface area (Å²) in [5.41, 5.74) is 0.440. The topological polar surface area (TPSA) is 91.9 Å². The molecule has 24 heavy (non-hydrogen) atoms. The van der Waals surface area contributed by atoms with Crippen molar-refractivity contribution in [1.29, 1.82) is 5.26 Å². The number of piperidine rings is 1. The molecule has 0 bridgehead atoms. The zero-order valence-electron chi connectivity index (χ0n) is 13.5. The average Bonchev–Trinajstić information content (AvgIpc) is 3.10. The number of sulfonamides is 1. The van der Waals surface area contributed by atoms with E-state index in [0.29, 0.717) is 24.5 Å². The molecule has 8 heteroatoms. The van der Waals surface area contributed by atoms with Crippen molar-refractivity contribution in [2.75, 3.05) is 6.54 Å². The SMILES string of the molecule is CCn1cnnc1C1CCCCN1S(=O)(=O)c1ccc(C#N)cc1. The summed E-state index contributed by atoms with van der Waals surface area (Å²) in [6.45, 7) is 3.14. The first-order valence-electron chi connectivity index (χ1n) is 7.97. The van der Waals surface area contributed by atoms with Crippen molar-refractivity contribution in [2.45, 2.75) is 43.7 Å². The molecule has 1 unspecified atom stereocenters. The lowest BCUT2D eigenvalue weighted by atomic mass is 10.0. The van der Waals surface area contributed by atoms with Gasteiger partial charge in [0.25, 0.3) is 0 Å². The van der Waals surface area contributed by atoms with Crippen molar-refractivity contribution in [3.63, 3.8) is 0 Å². The van der Waals surface area contributed by atoms with Crippen molar-refractivity contribution < 1.29 is 8.42 Å². The summed E-state index contributed by atoms with van der Waals surface area (Å²) in [6.07, 6.45) is 4.15. The molecule has 1 saturated heterocycles. The number of aromatic nitrogens is 3. The van der Waals surface area contributed by atoms with Gasteiger partial charge in [-0.05, 0) is 44.0 Å². The maximum Gasteiger partial charge on any atom is 0.243 e. The Kier molecular flexibility index (Phi) is 4.64. The fourth-order valence-electron chi connectivity index (χ4n) is 3.05. The van der Waals surface area contributed by atoms with E-state index in [1.807, 2.05) is 17.6 Å². The fourth-order valence-corrected chi connectivity index (χ4v) is 4.71. The van der Waals surface area contributed by atoms with Gasteiger partial charge in [0.15, 0.2) is 5.82 Å². The van der Waals surface area contributed by atoms with E-state index in [2.05, 4.69) is 10.2 Å². The molecule has 3 rings (SSSR count). The summed E-state index contributed by atoms with van der Waals surface area (Å²) in [5, 5.41) is 17.0. The number of hydrogen-bond acceptors (Lipinski definition) is 5. The minimum Gasteiger partial charge on any atom is -0.317 e. The van der Waals surface area contributed by atoms with E-state index in [1.165, 1.54) is 28.6 Å². The molecule has 126 valence electrons. The monoisotopic (exact) mass is 345 g/mol. The second kappa shape index (κ2) is 6.71. The molecule has 7 nitrogen and oxygen atoms in total. The molecule has 0 N–H and O–H groups in total. The van der Waals surface area contributed by atoms with Gasteiger partial charge in [-0.1, -0.05) is 6.42 Å². The third-order valence-corrected chi connectivity index (χ3v) is 6.25. The molecule has 1 aromatic heterocycles. The molecular formula is C16H19N5O2S. The second-order valence-corrected chi connectivity index (χ2v) is 7.63. The Labute approximate surface area is 141 Å². The number of aryl methyl sites for hydroxylation is 1. The van der Waals surface area contributed by atoms with E-state index < -0.39 is 10.0 Å². The summed E-state index contributed by atoms with van der Waals surface area (Å²) in [6, 6.07) is 7.73. The Morgan fingerprint density at radius 2 is 2.04 bits per heavy atom. The zero-order chi connectivity index (χ0) is 17.2. The smallest absolute Gasteiger partial charge is 0.243 e. The third-order valence-electron chi connectivity index (χ3n) is 4.33. The minimum atomic E-state index is -3.64. The van der Waals surface area contributed by atoms with Crippen molar-refractivity contribution in [3.05, 3.63) is 42.0 Å². The van der Waals surface area contributed by atoms with Gasteiger partial charge in [0.2, 0.25) is 10.0 Å². The first-order chi connectivity index (χ1) is 11.6. The van der Waals surface area contributed by atoms with Crippen LogP contribution in [0.15, 0.2) is 35.5 Å². The van der Waals surface area contributed by atoms with Crippen molar-refractivity contribution in [3.8, 4) is 6.07 Å². The summed E-state index contributed by atoms with van der Waals surface area (Å²) in [7, 11) is -3.64. The predicted molar refractivity (Wildman–Crippen MR) is 87.3 cm³/mol. The highest BCUT2D eigenvalue weighted by Gasteiger charge is 2.36. The minimum absolute atomic E-state index is 0.205. The number of benzene rings is 1. The highest BCUT2D eigenvalue weighted by Crippen LogP contribution is 2.34. The van der Waals surface area contributed by atoms with E-state index in [9.17, 15) is 8.42 Å². The molecule has 0 aliphatic carbocycles. The number of nitrogens with zero attached hydrogens (tertiary/aromatic N) is 5. The molecule has 1 atom stereocenters. The lowest BCUT2D eigenvalue weighted by molar-refractivity contribution is 0.241. The predicted octanol–water partition coefficient (Wildman–Crippen LogP) is 2.09. The molecule has 1 fully saturated rings. The standard InChI is InChI=1S/C16H19N5O2S/c1-2-20-12-18-19-16(20)15-5-3-4-10-21(15)24(22,23)14-8-6-13(11-17)7-9-14/h6-9,12,15H,2-5,10H2,1H3. The Morgan fingerprint density at radius 1 is 1.29 bits per heavy atom. The highest BCUT2D eigenvalue weighted by atomic mass is 32.2. The van der Waals surface area contributed by atoms with Crippen LogP contribution in [0.2, 0.25) is 0 Å². The highest BCUT2D eigenvalue weighted by molar-refractivity contribution is 7.89. The number of hydrogen-bond donors (Lipinski definition) is 0. The van der Waals surface area contributed by atoms with Gasteiger partial charge in [0.05, 0.1) is 22.6 Å². The largest absolute Gasteiger partial charge is 0.317 e. The molecular weight excluding hydrogens is 326 g/mol. The van der Waals surface area contributed by atoms with Crippen molar-refractivity contribution in [1.82, 2.24) is 19.1 Å². The summed E-state index contributed by atoms with van der Waals surface area (Å²) >= 11 is 0.